The molecule has 4 heteroatoms. The number of hydrogen-bond acceptors (Lipinski definition) is 3. The largest absolute Gasteiger partial charge is 0.419 e. The molecule has 0 fully saturated rings. The first-order valence-electron chi connectivity index (χ1n) is 4.70. The van der Waals surface area contributed by atoms with Crippen LogP contribution in [-0.4, -0.2) is 19.0 Å². The van der Waals surface area contributed by atoms with Gasteiger partial charge in [0.25, 0.3) is 6.35 Å². The number of rotatable bonds is 7. The summed E-state index contributed by atoms with van der Waals surface area (Å²) in [7, 11) is -1.35. The standard InChI is InChI=1S/C9H18O3P/c1-3-4-5-6-7-9(10)12-8-13(2)11/h3-8H2,1-2H3/q+1. The van der Waals surface area contributed by atoms with Gasteiger partial charge in [-0.05, 0) is 6.42 Å². The van der Waals surface area contributed by atoms with Gasteiger partial charge in [0, 0.05) is 6.42 Å². The Morgan fingerprint density at radius 1 is 1.31 bits per heavy atom. The minimum atomic E-state index is -1.35. The molecule has 0 saturated heterocycles. The third-order valence-electron chi connectivity index (χ3n) is 1.64. The van der Waals surface area contributed by atoms with E-state index in [1.54, 1.807) is 6.66 Å². The number of unbranched alkanes of at least 4 members (excludes halogenated alkanes) is 3. The van der Waals surface area contributed by atoms with Crippen LogP contribution in [0, 0.1) is 0 Å². The Morgan fingerprint density at radius 2 is 2.00 bits per heavy atom. The van der Waals surface area contributed by atoms with Crippen molar-refractivity contribution in [3.63, 3.8) is 0 Å². The predicted octanol–water partition coefficient (Wildman–Crippen LogP) is 2.91. The molecule has 0 aromatic rings. The molecule has 0 aliphatic rings. The zero-order valence-electron chi connectivity index (χ0n) is 8.41. The highest BCUT2D eigenvalue weighted by molar-refractivity contribution is 7.43. The van der Waals surface area contributed by atoms with E-state index < -0.39 is 7.80 Å². The molecule has 0 saturated carbocycles. The smallest absolute Gasteiger partial charge is 0.376 e. The third-order valence-corrected chi connectivity index (χ3v) is 2.13. The topological polar surface area (TPSA) is 43.4 Å². The monoisotopic (exact) mass is 205 g/mol. The molecule has 0 aliphatic carbocycles. The highest BCUT2D eigenvalue weighted by Gasteiger charge is 2.09. The zero-order chi connectivity index (χ0) is 10.1. The number of hydrogen-bond donors (Lipinski definition) is 0. The lowest BCUT2D eigenvalue weighted by Crippen LogP contribution is -2.03. The van der Waals surface area contributed by atoms with Crippen molar-refractivity contribution in [3.8, 4) is 0 Å². The van der Waals surface area contributed by atoms with E-state index in [1.165, 1.54) is 0 Å². The van der Waals surface area contributed by atoms with Crippen molar-refractivity contribution >= 4 is 13.8 Å². The SMILES string of the molecule is CCCCCCC(=O)OC[P+](C)=O. The Hall–Kier alpha value is -0.430. The van der Waals surface area contributed by atoms with Crippen LogP contribution in [0.1, 0.15) is 39.0 Å². The van der Waals surface area contributed by atoms with Crippen LogP contribution in [0.4, 0.5) is 0 Å². The lowest BCUT2D eigenvalue weighted by atomic mass is 10.2. The summed E-state index contributed by atoms with van der Waals surface area (Å²) in [5, 5.41) is 0. The summed E-state index contributed by atoms with van der Waals surface area (Å²) < 4.78 is 15.4. The quantitative estimate of drug-likeness (QED) is 0.364. The summed E-state index contributed by atoms with van der Waals surface area (Å²) in [6, 6.07) is 0. The van der Waals surface area contributed by atoms with Gasteiger partial charge >= 0.3 is 13.8 Å². The Labute approximate surface area is 80.6 Å². The van der Waals surface area contributed by atoms with Gasteiger partial charge in [-0.15, -0.1) is 0 Å². The molecule has 0 radical (unpaired) electrons. The maximum Gasteiger partial charge on any atom is 0.376 e. The molecule has 76 valence electrons. The van der Waals surface area contributed by atoms with Crippen LogP contribution in [-0.2, 0) is 14.1 Å². The van der Waals surface area contributed by atoms with Crippen LogP contribution in [0.2, 0.25) is 0 Å². The lowest BCUT2D eigenvalue weighted by molar-refractivity contribution is -0.141. The Balaban J connectivity index is 3.25. The average Bonchev–Trinajstić information content (AvgIpc) is 2.09. The maximum atomic E-state index is 11.0. The van der Waals surface area contributed by atoms with E-state index >= 15 is 0 Å². The normalized spacial score (nSPS) is 11.1. The van der Waals surface area contributed by atoms with Gasteiger partial charge in [-0.25, -0.2) is 0 Å². The van der Waals surface area contributed by atoms with Crippen LogP contribution in [0.5, 0.6) is 0 Å². The molecule has 0 N–H and O–H groups in total. The number of ether oxygens (including phenoxy) is 1. The number of carbonyl (C=O) groups is 1. The minimum absolute atomic E-state index is 0.0714. The van der Waals surface area contributed by atoms with E-state index in [0.29, 0.717) is 6.42 Å². The fourth-order valence-electron chi connectivity index (χ4n) is 0.931. The highest BCUT2D eigenvalue weighted by atomic mass is 31.1. The van der Waals surface area contributed by atoms with Gasteiger partial charge in [0.05, 0.1) is 0 Å². The second-order valence-corrected chi connectivity index (χ2v) is 4.60. The molecule has 0 aliphatic heterocycles. The summed E-state index contributed by atoms with van der Waals surface area (Å²) in [5.74, 6) is -0.221. The third kappa shape index (κ3) is 9.48. The maximum absolute atomic E-state index is 11.0. The fraction of sp³-hybridized carbons (Fsp3) is 0.889. The van der Waals surface area contributed by atoms with Gasteiger partial charge in [-0.2, -0.15) is 0 Å². The molecule has 0 aromatic carbocycles. The molecule has 1 atom stereocenters. The van der Waals surface area contributed by atoms with Gasteiger partial charge < -0.3 is 4.74 Å². The van der Waals surface area contributed by atoms with Crippen molar-refractivity contribution in [2.45, 2.75) is 39.0 Å². The molecule has 0 heterocycles. The molecule has 1 unspecified atom stereocenters. The van der Waals surface area contributed by atoms with E-state index in [-0.39, 0.29) is 12.3 Å². The van der Waals surface area contributed by atoms with Crippen molar-refractivity contribution in [3.05, 3.63) is 0 Å². The second-order valence-electron chi connectivity index (χ2n) is 3.08. The zero-order valence-corrected chi connectivity index (χ0v) is 9.31. The summed E-state index contributed by atoms with van der Waals surface area (Å²) in [5.41, 5.74) is 0. The Bertz CT molecular complexity index is 168. The first kappa shape index (κ1) is 12.6. The molecular formula is C9H18O3P+. The Kier molecular flexibility index (Phi) is 7.91. The number of carbonyl (C=O) groups excluding carboxylic acids is 1. The minimum Gasteiger partial charge on any atom is -0.419 e. The summed E-state index contributed by atoms with van der Waals surface area (Å²) >= 11 is 0. The molecule has 0 aromatic heterocycles. The molecule has 0 spiro atoms. The average molecular weight is 205 g/mol. The highest BCUT2D eigenvalue weighted by Crippen LogP contribution is 2.13. The van der Waals surface area contributed by atoms with Gasteiger partial charge in [0.1, 0.15) is 6.66 Å². The van der Waals surface area contributed by atoms with E-state index in [4.69, 9.17) is 4.74 Å². The van der Waals surface area contributed by atoms with Crippen molar-refractivity contribution in [1.82, 2.24) is 0 Å². The molecular weight excluding hydrogens is 187 g/mol. The molecule has 3 nitrogen and oxygen atoms in total. The summed E-state index contributed by atoms with van der Waals surface area (Å²) in [6.07, 6.45) is 4.81. The Morgan fingerprint density at radius 3 is 2.54 bits per heavy atom. The van der Waals surface area contributed by atoms with Crippen LogP contribution >= 0.6 is 7.80 Å². The van der Waals surface area contributed by atoms with E-state index in [2.05, 4.69) is 6.92 Å². The van der Waals surface area contributed by atoms with Crippen molar-refractivity contribution < 1.29 is 14.1 Å². The van der Waals surface area contributed by atoms with Gasteiger partial charge in [0.15, 0.2) is 0 Å². The molecule has 0 bridgehead atoms. The molecule has 0 amide bonds. The van der Waals surface area contributed by atoms with Crippen LogP contribution in [0.15, 0.2) is 0 Å². The predicted molar refractivity (Wildman–Crippen MR) is 53.2 cm³/mol. The van der Waals surface area contributed by atoms with E-state index in [0.717, 1.165) is 25.7 Å². The second kappa shape index (κ2) is 8.18. The number of esters is 1. The lowest BCUT2D eigenvalue weighted by Gasteiger charge is -1.98. The summed E-state index contributed by atoms with van der Waals surface area (Å²) in [4.78, 5) is 11.0. The van der Waals surface area contributed by atoms with Crippen molar-refractivity contribution in [1.29, 1.82) is 0 Å². The fourth-order valence-corrected chi connectivity index (χ4v) is 1.26. The van der Waals surface area contributed by atoms with Crippen molar-refractivity contribution in [2.75, 3.05) is 13.0 Å². The summed E-state index contributed by atoms with van der Waals surface area (Å²) in [6.45, 7) is 3.68. The molecule has 13 heavy (non-hydrogen) atoms. The van der Waals surface area contributed by atoms with Gasteiger partial charge in [-0.3, -0.25) is 4.79 Å². The first-order valence-corrected chi connectivity index (χ1v) is 6.60. The van der Waals surface area contributed by atoms with Gasteiger partial charge in [-0.1, -0.05) is 30.8 Å². The van der Waals surface area contributed by atoms with Crippen LogP contribution in [0.25, 0.3) is 0 Å². The van der Waals surface area contributed by atoms with Crippen LogP contribution in [0.3, 0.4) is 0 Å². The van der Waals surface area contributed by atoms with E-state index in [9.17, 15) is 9.36 Å². The van der Waals surface area contributed by atoms with Crippen LogP contribution < -0.4 is 0 Å². The van der Waals surface area contributed by atoms with Crippen molar-refractivity contribution in [2.24, 2.45) is 0 Å². The first-order chi connectivity index (χ1) is 6.16. The van der Waals surface area contributed by atoms with Gasteiger partial charge in [0.2, 0.25) is 0 Å². The molecule has 0 rings (SSSR count). The van der Waals surface area contributed by atoms with E-state index in [1.807, 2.05) is 0 Å².